The summed E-state index contributed by atoms with van der Waals surface area (Å²) in [5.41, 5.74) is 1.04. The third kappa shape index (κ3) is 2.31. The largest absolute Gasteiger partial charge is 0.295 e. The highest BCUT2D eigenvalue weighted by molar-refractivity contribution is 7.09. The van der Waals surface area contributed by atoms with E-state index in [1.807, 2.05) is 0 Å². The average Bonchev–Trinajstić information content (AvgIpc) is 2.70. The summed E-state index contributed by atoms with van der Waals surface area (Å²) in [6.45, 7) is 1.79. The van der Waals surface area contributed by atoms with Crippen LogP contribution in [0.25, 0.3) is 0 Å². The summed E-state index contributed by atoms with van der Waals surface area (Å²) in [5.74, 6) is -0.379. The maximum atomic E-state index is 11.7. The molecule has 0 aromatic carbocycles. The summed E-state index contributed by atoms with van der Waals surface area (Å²) in [7, 11) is 0. The van der Waals surface area contributed by atoms with Gasteiger partial charge in [-0.2, -0.15) is 0 Å². The van der Waals surface area contributed by atoms with Crippen LogP contribution in [0.5, 0.6) is 0 Å². The van der Waals surface area contributed by atoms with Crippen molar-refractivity contribution in [2.45, 2.75) is 6.92 Å². The molecule has 0 aliphatic carbocycles. The summed E-state index contributed by atoms with van der Waals surface area (Å²) >= 11 is 6.90. The van der Waals surface area contributed by atoms with E-state index in [2.05, 4.69) is 25.1 Å². The quantitative estimate of drug-likeness (QED) is 0.880. The molecular weight excluding hydrogens is 250 g/mol. The van der Waals surface area contributed by atoms with E-state index in [4.69, 9.17) is 11.6 Å². The van der Waals surface area contributed by atoms with Crippen molar-refractivity contribution in [3.05, 3.63) is 28.5 Å². The van der Waals surface area contributed by atoms with Crippen molar-refractivity contribution >= 4 is 34.2 Å². The van der Waals surface area contributed by atoms with Gasteiger partial charge in [0.25, 0.3) is 5.91 Å². The number of carbonyl (C=O) groups is 1. The second-order valence-corrected chi connectivity index (χ2v) is 4.07. The molecule has 16 heavy (non-hydrogen) atoms. The third-order valence-electron chi connectivity index (χ3n) is 1.75. The average molecular weight is 256 g/mol. The molecule has 0 saturated carbocycles. The van der Waals surface area contributed by atoms with E-state index in [0.717, 1.165) is 17.2 Å². The van der Waals surface area contributed by atoms with Crippen LogP contribution in [-0.4, -0.2) is 25.7 Å². The Hall–Kier alpha value is -1.60. The lowest BCUT2D eigenvalue weighted by molar-refractivity contribution is 0.102. The molecule has 82 valence electrons. The van der Waals surface area contributed by atoms with Crippen molar-refractivity contribution in [2.75, 3.05) is 5.32 Å². The first-order chi connectivity index (χ1) is 7.66. The zero-order valence-electron chi connectivity index (χ0n) is 8.14. The van der Waals surface area contributed by atoms with E-state index in [0.29, 0.717) is 15.7 Å². The number of aryl methyl sites for hydroxylation is 1. The van der Waals surface area contributed by atoms with E-state index in [1.54, 1.807) is 13.0 Å². The monoisotopic (exact) mass is 255 g/mol. The Morgan fingerprint density at radius 2 is 2.38 bits per heavy atom. The lowest BCUT2D eigenvalue weighted by Crippen LogP contribution is -2.12. The Bertz CT molecular complexity index is 515. The minimum atomic E-state index is -0.379. The van der Waals surface area contributed by atoms with Gasteiger partial charge in [0.05, 0.1) is 10.6 Å². The van der Waals surface area contributed by atoms with Gasteiger partial charge in [0.2, 0.25) is 5.13 Å². The molecule has 0 fully saturated rings. The van der Waals surface area contributed by atoms with Gasteiger partial charge in [-0.3, -0.25) is 15.1 Å². The van der Waals surface area contributed by atoms with Crippen LogP contribution in [0.15, 0.2) is 12.3 Å². The van der Waals surface area contributed by atoms with Crippen molar-refractivity contribution in [2.24, 2.45) is 0 Å². The molecule has 2 aromatic heterocycles. The summed E-state index contributed by atoms with van der Waals surface area (Å²) in [4.78, 5) is 15.7. The first-order valence-electron chi connectivity index (χ1n) is 4.25. The van der Waals surface area contributed by atoms with Crippen molar-refractivity contribution in [1.82, 2.24) is 19.8 Å². The van der Waals surface area contributed by atoms with E-state index in [1.165, 1.54) is 6.20 Å². The van der Waals surface area contributed by atoms with Gasteiger partial charge in [-0.15, -0.1) is 0 Å². The van der Waals surface area contributed by atoms with E-state index in [-0.39, 0.29) is 5.91 Å². The number of pyridine rings is 1. The van der Waals surface area contributed by atoms with Crippen LogP contribution in [0.4, 0.5) is 5.13 Å². The molecule has 2 aromatic rings. The number of carbonyl (C=O) groups excluding carboxylic acids is 1. The number of amides is 1. The Kier molecular flexibility index (Phi) is 3.07. The maximum absolute atomic E-state index is 11.7. The highest BCUT2D eigenvalue weighted by atomic mass is 35.5. The number of hydrogen-bond donors (Lipinski definition) is 1. The standard InChI is InChI=1S/C8H6ClN5OS/c1-4-2-6(9)5(3-10-4)7(15)11-8-12-13-14-16-8/h2-3H,1H3,(H,11,12,14,15). The van der Waals surface area contributed by atoms with Crippen LogP contribution >= 0.6 is 23.1 Å². The Morgan fingerprint density at radius 3 is 3.00 bits per heavy atom. The summed E-state index contributed by atoms with van der Waals surface area (Å²) in [6.07, 6.45) is 1.42. The number of hydrogen-bond acceptors (Lipinski definition) is 6. The normalized spacial score (nSPS) is 10.1. The predicted octanol–water partition coefficient (Wildman–Crippen LogP) is 1.54. The van der Waals surface area contributed by atoms with Crippen molar-refractivity contribution < 1.29 is 4.79 Å². The van der Waals surface area contributed by atoms with Crippen LogP contribution in [0, 0.1) is 6.92 Å². The van der Waals surface area contributed by atoms with Crippen LogP contribution in [-0.2, 0) is 0 Å². The molecule has 0 spiro atoms. The molecule has 0 atom stereocenters. The molecule has 0 bridgehead atoms. The molecule has 2 heterocycles. The van der Waals surface area contributed by atoms with Crippen molar-refractivity contribution in [3.8, 4) is 0 Å². The summed E-state index contributed by atoms with van der Waals surface area (Å²) < 4.78 is 3.52. The van der Waals surface area contributed by atoms with Crippen molar-refractivity contribution in [1.29, 1.82) is 0 Å². The van der Waals surface area contributed by atoms with Crippen LogP contribution in [0.2, 0.25) is 5.02 Å². The Labute approximate surface area is 99.8 Å². The maximum Gasteiger partial charge on any atom is 0.260 e. The van der Waals surface area contributed by atoms with E-state index >= 15 is 0 Å². The molecule has 0 saturated heterocycles. The third-order valence-corrected chi connectivity index (χ3v) is 2.58. The highest BCUT2D eigenvalue weighted by Crippen LogP contribution is 2.17. The first kappa shape index (κ1) is 10.9. The molecule has 0 aliphatic heterocycles. The molecular formula is C8H6ClN5OS. The molecule has 1 amide bonds. The minimum Gasteiger partial charge on any atom is -0.295 e. The number of rotatable bonds is 2. The van der Waals surface area contributed by atoms with Crippen LogP contribution < -0.4 is 5.32 Å². The second-order valence-electron chi connectivity index (χ2n) is 2.93. The lowest BCUT2D eigenvalue weighted by atomic mass is 10.2. The molecule has 6 nitrogen and oxygen atoms in total. The van der Waals surface area contributed by atoms with Gasteiger partial charge in [0.1, 0.15) is 0 Å². The van der Waals surface area contributed by atoms with E-state index < -0.39 is 0 Å². The fourth-order valence-corrected chi connectivity index (χ4v) is 1.69. The summed E-state index contributed by atoms with van der Waals surface area (Å²) in [6, 6.07) is 1.62. The topological polar surface area (TPSA) is 80.7 Å². The zero-order chi connectivity index (χ0) is 11.5. The lowest BCUT2D eigenvalue weighted by Gasteiger charge is -2.03. The fourth-order valence-electron chi connectivity index (χ4n) is 1.04. The van der Waals surface area contributed by atoms with E-state index in [9.17, 15) is 4.79 Å². The summed E-state index contributed by atoms with van der Waals surface area (Å²) in [5, 5.41) is 10.1. The van der Waals surface area contributed by atoms with Crippen LogP contribution in [0.3, 0.4) is 0 Å². The smallest absolute Gasteiger partial charge is 0.260 e. The molecule has 1 N–H and O–H groups in total. The molecule has 8 heteroatoms. The Morgan fingerprint density at radius 1 is 1.56 bits per heavy atom. The molecule has 0 aliphatic rings. The van der Waals surface area contributed by atoms with Crippen LogP contribution in [0.1, 0.15) is 16.1 Å². The van der Waals surface area contributed by atoms with Gasteiger partial charge in [0, 0.05) is 23.4 Å². The van der Waals surface area contributed by atoms with Gasteiger partial charge in [-0.05, 0) is 18.2 Å². The number of nitrogens with one attached hydrogen (secondary N) is 1. The van der Waals surface area contributed by atoms with Gasteiger partial charge >= 0.3 is 0 Å². The number of nitrogens with zero attached hydrogens (tertiary/aromatic N) is 4. The molecule has 0 unspecified atom stereocenters. The Balaban J connectivity index is 2.21. The second kappa shape index (κ2) is 4.50. The van der Waals surface area contributed by atoms with Gasteiger partial charge in [-0.25, -0.2) is 0 Å². The number of aromatic nitrogens is 4. The SMILES string of the molecule is Cc1cc(Cl)c(C(=O)Nc2nnns2)cn1. The number of anilines is 1. The predicted molar refractivity (Wildman–Crippen MR) is 59.6 cm³/mol. The molecule has 2 rings (SSSR count). The fraction of sp³-hybridized carbons (Fsp3) is 0.125. The van der Waals surface area contributed by atoms with Gasteiger partial charge in [0.15, 0.2) is 0 Å². The van der Waals surface area contributed by atoms with Crippen molar-refractivity contribution in [3.63, 3.8) is 0 Å². The first-order valence-corrected chi connectivity index (χ1v) is 5.40. The minimum absolute atomic E-state index is 0.294. The van der Waals surface area contributed by atoms with Gasteiger partial charge in [-0.1, -0.05) is 21.2 Å². The number of halogens is 1. The zero-order valence-corrected chi connectivity index (χ0v) is 9.71. The van der Waals surface area contributed by atoms with Gasteiger partial charge < -0.3 is 0 Å². The highest BCUT2D eigenvalue weighted by Gasteiger charge is 2.12. The molecule has 0 radical (unpaired) electrons.